The molecule has 1 spiro atoms. The third kappa shape index (κ3) is 4.92. The molecule has 1 aromatic rings. The number of nitrogens with one attached hydrogen (secondary N) is 1. The Hall–Kier alpha value is -2.61. The predicted octanol–water partition coefficient (Wildman–Crippen LogP) is 2.95. The number of hydrogen-bond acceptors (Lipinski definition) is 4. The lowest BCUT2D eigenvalue weighted by Crippen LogP contribution is -2.62. The van der Waals surface area contributed by atoms with E-state index in [0.717, 1.165) is 49.0 Å². The normalized spacial score (nSPS) is 20.7. The molecule has 1 atom stereocenters. The van der Waals surface area contributed by atoms with E-state index in [0.29, 0.717) is 19.7 Å². The minimum Gasteiger partial charge on any atom is -0.483 e. The van der Waals surface area contributed by atoms with Gasteiger partial charge < -0.3 is 25.0 Å². The van der Waals surface area contributed by atoms with Gasteiger partial charge in [0.1, 0.15) is 5.54 Å². The molecule has 2 aliphatic heterocycles. The molecule has 30 heavy (non-hydrogen) atoms. The van der Waals surface area contributed by atoms with Crippen molar-refractivity contribution in [2.75, 3.05) is 38.7 Å². The molecule has 2 saturated heterocycles. The number of ether oxygens (including phenoxy) is 1. The topological polar surface area (TPSA) is 99.2 Å². The van der Waals surface area contributed by atoms with E-state index in [-0.39, 0.29) is 18.4 Å². The summed E-state index contributed by atoms with van der Waals surface area (Å²) in [5.41, 5.74) is 3.43. The molecule has 8 heteroatoms. The van der Waals surface area contributed by atoms with Crippen molar-refractivity contribution < 1.29 is 24.2 Å². The number of nitrogens with zero attached hydrogens (tertiary/aromatic N) is 2. The Morgan fingerprint density at radius 2 is 1.77 bits per heavy atom. The van der Waals surface area contributed by atoms with Crippen molar-refractivity contribution in [3.63, 3.8) is 0 Å². The van der Waals surface area contributed by atoms with Crippen molar-refractivity contribution in [3.8, 4) is 0 Å². The van der Waals surface area contributed by atoms with Crippen LogP contribution in [0, 0.1) is 20.8 Å². The monoisotopic (exact) mass is 419 g/mol. The van der Waals surface area contributed by atoms with E-state index in [1.165, 1.54) is 5.56 Å². The Morgan fingerprint density at radius 1 is 1.20 bits per heavy atom. The fourth-order valence-electron chi connectivity index (χ4n) is 4.69. The maximum Gasteiger partial charge on any atom is 0.322 e. The van der Waals surface area contributed by atoms with Gasteiger partial charge in [-0.25, -0.2) is 4.79 Å². The Labute approximate surface area is 178 Å². The standard InChI is InChI=1S/C21H31N3O3.CH2O2/c1-15-13-16(2)18(17(3)14-15)22-20(26)24-10-6-8-21(24)7-5-9-23(19(21)25)11-12-27-4;2-1-3/h13-14H,5-12H2,1-4H3,(H,22,26);1H,(H,2,3). The molecule has 0 saturated carbocycles. The first-order valence-electron chi connectivity index (χ1n) is 10.3. The Bertz CT molecular complexity index is 759. The van der Waals surface area contributed by atoms with Crippen LogP contribution in [-0.2, 0) is 14.3 Å². The highest BCUT2D eigenvalue weighted by Crippen LogP contribution is 2.39. The first-order valence-corrected chi connectivity index (χ1v) is 10.3. The van der Waals surface area contributed by atoms with Crippen LogP contribution in [0.25, 0.3) is 0 Å². The van der Waals surface area contributed by atoms with E-state index in [4.69, 9.17) is 14.6 Å². The van der Waals surface area contributed by atoms with Gasteiger partial charge in [-0.15, -0.1) is 0 Å². The molecule has 2 heterocycles. The van der Waals surface area contributed by atoms with Gasteiger partial charge in [0.15, 0.2) is 0 Å². The van der Waals surface area contributed by atoms with Gasteiger partial charge in [0.2, 0.25) is 5.91 Å². The van der Waals surface area contributed by atoms with Crippen molar-refractivity contribution in [2.24, 2.45) is 0 Å². The maximum absolute atomic E-state index is 13.2. The molecule has 0 aromatic heterocycles. The minimum absolute atomic E-state index is 0.0794. The number of piperidine rings is 1. The molecule has 8 nitrogen and oxygen atoms in total. The van der Waals surface area contributed by atoms with Crippen molar-refractivity contribution in [1.29, 1.82) is 0 Å². The van der Waals surface area contributed by atoms with Crippen LogP contribution in [0.15, 0.2) is 12.1 Å². The molecular formula is C22H33N3O5. The van der Waals surface area contributed by atoms with Crippen molar-refractivity contribution >= 4 is 24.1 Å². The van der Waals surface area contributed by atoms with E-state index in [1.54, 1.807) is 12.0 Å². The average molecular weight is 420 g/mol. The number of carbonyl (C=O) groups is 3. The number of anilines is 1. The van der Waals surface area contributed by atoms with Gasteiger partial charge in [0.05, 0.1) is 6.61 Å². The number of carboxylic acid groups (broad SMARTS) is 1. The molecule has 0 radical (unpaired) electrons. The molecule has 3 rings (SSSR count). The maximum atomic E-state index is 13.2. The first kappa shape index (κ1) is 23.7. The van der Waals surface area contributed by atoms with Crippen LogP contribution < -0.4 is 5.32 Å². The lowest BCUT2D eigenvalue weighted by atomic mass is 9.85. The molecule has 2 aliphatic rings. The van der Waals surface area contributed by atoms with Gasteiger partial charge in [-0.2, -0.15) is 0 Å². The average Bonchev–Trinajstić information content (AvgIpc) is 3.11. The van der Waals surface area contributed by atoms with Crippen molar-refractivity contribution in [3.05, 3.63) is 28.8 Å². The molecule has 1 aromatic carbocycles. The van der Waals surface area contributed by atoms with Gasteiger partial charge in [-0.1, -0.05) is 17.7 Å². The van der Waals surface area contributed by atoms with Gasteiger partial charge in [0, 0.05) is 32.4 Å². The van der Waals surface area contributed by atoms with E-state index >= 15 is 0 Å². The SMILES string of the molecule is COCCN1CCCC2(CCCN2C(=O)Nc2c(C)cc(C)cc2C)C1=O.O=CO. The molecule has 1 unspecified atom stereocenters. The molecular weight excluding hydrogens is 386 g/mol. The summed E-state index contributed by atoms with van der Waals surface area (Å²) in [5, 5.41) is 9.98. The van der Waals surface area contributed by atoms with Crippen LogP contribution in [0.5, 0.6) is 0 Å². The largest absolute Gasteiger partial charge is 0.483 e. The Morgan fingerprint density at radius 3 is 2.33 bits per heavy atom. The Balaban J connectivity index is 0.00000101. The summed E-state index contributed by atoms with van der Waals surface area (Å²) in [5.74, 6) is 0.0794. The third-order valence-electron chi connectivity index (χ3n) is 5.91. The molecule has 3 amide bonds. The fraction of sp³-hybridized carbons (Fsp3) is 0.591. The first-order chi connectivity index (χ1) is 14.3. The number of benzene rings is 1. The second-order valence-corrected chi connectivity index (χ2v) is 7.98. The number of aryl methyl sites for hydroxylation is 3. The number of likely N-dealkylation sites (tertiary alicyclic amines) is 2. The zero-order valence-electron chi connectivity index (χ0n) is 18.4. The van der Waals surface area contributed by atoms with Gasteiger partial charge >= 0.3 is 6.03 Å². The smallest absolute Gasteiger partial charge is 0.322 e. The van der Waals surface area contributed by atoms with Crippen LogP contribution in [-0.4, -0.2) is 72.2 Å². The third-order valence-corrected chi connectivity index (χ3v) is 5.91. The lowest BCUT2D eigenvalue weighted by molar-refractivity contribution is -0.146. The van der Waals surface area contributed by atoms with Gasteiger partial charge in [-0.05, 0) is 57.6 Å². The number of urea groups is 1. The summed E-state index contributed by atoms with van der Waals surface area (Å²) in [6.07, 6.45) is 3.27. The molecule has 2 N–H and O–H groups in total. The van der Waals surface area contributed by atoms with Crippen LogP contribution in [0.3, 0.4) is 0 Å². The van der Waals surface area contributed by atoms with Crippen LogP contribution in [0.4, 0.5) is 10.5 Å². The van der Waals surface area contributed by atoms with E-state index in [2.05, 4.69) is 24.4 Å². The van der Waals surface area contributed by atoms with Gasteiger partial charge in [-0.3, -0.25) is 9.59 Å². The number of amides is 3. The highest BCUT2D eigenvalue weighted by Gasteiger charge is 2.52. The van der Waals surface area contributed by atoms with E-state index in [1.807, 2.05) is 18.7 Å². The fourth-order valence-corrected chi connectivity index (χ4v) is 4.69. The number of carbonyl (C=O) groups excluding carboxylic acids is 2. The minimum atomic E-state index is -0.692. The van der Waals surface area contributed by atoms with Crippen LogP contribution in [0.1, 0.15) is 42.4 Å². The second-order valence-electron chi connectivity index (χ2n) is 7.98. The highest BCUT2D eigenvalue weighted by atomic mass is 16.5. The Kier molecular flexibility index (Phi) is 8.23. The summed E-state index contributed by atoms with van der Waals surface area (Å²) in [6, 6.07) is 3.98. The summed E-state index contributed by atoms with van der Waals surface area (Å²) in [7, 11) is 1.64. The highest BCUT2D eigenvalue weighted by molar-refractivity contribution is 5.97. The zero-order chi connectivity index (χ0) is 22.3. The van der Waals surface area contributed by atoms with Crippen LogP contribution >= 0.6 is 0 Å². The van der Waals surface area contributed by atoms with Crippen molar-refractivity contribution in [2.45, 2.75) is 52.0 Å². The predicted molar refractivity (Wildman–Crippen MR) is 115 cm³/mol. The zero-order valence-corrected chi connectivity index (χ0v) is 18.4. The number of hydrogen-bond donors (Lipinski definition) is 2. The van der Waals surface area contributed by atoms with E-state index in [9.17, 15) is 9.59 Å². The summed E-state index contributed by atoms with van der Waals surface area (Å²) in [6.45, 7) is 8.30. The van der Waals surface area contributed by atoms with Gasteiger partial charge in [0.25, 0.3) is 6.47 Å². The van der Waals surface area contributed by atoms with E-state index < -0.39 is 5.54 Å². The molecule has 0 aliphatic carbocycles. The number of methoxy groups -OCH3 is 1. The van der Waals surface area contributed by atoms with Crippen LogP contribution in [0.2, 0.25) is 0 Å². The van der Waals surface area contributed by atoms with Crippen molar-refractivity contribution in [1.82, 2.24) is 9.80 Å². The summed E-state index contributed by atoms with van der Waals surface area (Å²) < 4.78 is 5.15. The number of rotatable bonds is 4. The second kappa shape index (κ2) is 10.4. The molecule has 0 bridgehead atoms. The molecule has 2 fully saturated rings. The quantitative estimate of drug-likeness (QED) is 0.731. The lowest BCUT2D eigenvalue weighted by Gasteiger charge is -2.44. The summed E-state index contributed by atoms with van der Waals surface area (Å²) in [4.78, 5) is 38.4. The summed E-state index contributed by atoms with van der Waals surface area (Å²) >= 11 is 0. The molecule has 166 valence electrons.